The van der Waals surface area contributed by atoms with E-state index in [1.807, 2.05) is 18.4 Å². The first-order valence-corrected chi connectivity index (χ1v) is 5.92. The van der Waals surface area contributed by atoms with Crippen LogP contribution in [0.15, 0.2) is 34.3 Å². The largest absolute Gasteiger partial charge is 0.396 e. The van der Waals surface area contributed by atoms with Crippen molar-refractivity contribution in [2.75, 3.05) is 12.9 Å². The number of rotatable bonds is 5. The molecule has 0 spiro atoms. The molecule has 5 nitrogen and oxygen atoms in total. The van der Waals surface area contributed by atoms with Gasteiger partial charge in [0.15, 0.2) is 0 Å². The number of hydrogen-bond donors (Lipinski definition) is 2. The van der Waals surface area contributed by atoms with E-state index in [4.69, 9.17) is 10.6 Å². The second kappa shape index (κ2) is 6.40. The molecule has 86 valence electrons. The summed E-state index contributed by atoms with van der Waals surface area (Å²) in [5.74, 6) is 0. The highest BCUT2D eigenvalue weighted by Crippen LogP contribution is 2.22. The van der Waals surface area contributed by atoms with Crippen LogP contribution >= 0.6 is 11.8 Å². The van der Waals surface area contributed by atoms with Gasteiger partial charge in [-0.3, -0.25) is 0 Å². The molecule has 2 N–H and O–H groups in total. The maximum absolute atomic E-state index is 9.84. The summed E-state index contributed by atoms with van der Waals surface area (Å²) in [6.45, 7) is -0.379. The lowest BCUT2D eigenvalue weighted by Gasteiger charge is -2.16. The zero-order chi connectivity index (χ0) is 12.0. The maximum Gasteiger partial charge on any atom is 0.0906 e. The van der Waals surface area contributed by atoms with E-state index < -0.39 is 12.1 Å². The summed E-state index contributed by atoms with van der Waals surface area (Å²) in [5.41, 5.74) is 8.91. The Balaban J connectivity index is 2.85. The average Bonchev–Trinajstić information content (AvgIpc) is 2.35. The number of aliphatic hydroxyl groups is 2. The van der Waals surface area contributed by atoms with Crippen LogP contribution in [-0.2, 0) is 0 Å². The molecule has 0 heterocycles. The Bertz CT molecular complexity index is 376. The molecule has 0 aliphatic heterocycles. The first-order valence-electron chi connectivity index (χ1n) is 4.70. The number of benzene rings is 1. The summed E-state index contributed by atoms with van der Waals surface area (Å²) in [6, 6.07) is 6.41. The predicted octanol–water partition coefficient (Wildman–Crippen LogP) is 2.11. The zero-order valence-corrected chi connectivity index (χ0v) is 9.63. The van der Waals surface area contributed by atoms with Crippen molar-refractivity contribution in [2.45, 2.75) is 17.0 Å². The molecule has 0 radical (unpaired) electrons. The molecular weight excluding hydrogens is 226 g/mol. The van der Waals surface area contributed by atoms with Gasteiger partial charge in [0.2, 0.25) is 0 Å². The van der Waals surface area contributed by atoms with Gasteiger partial charge >= 0.3 is 0 Å². The molecule has 0 saturated heterocycles. The van der Waals surface area contributed by atoms with E-state index in [9.17, 15) is 5.11 Å². The van der Waals surface area contributed by atoms with Gasteiger partial charge in [0.1, 0.15) is 0 Å². The van der Waals surface area contributed by atoms with Crippen LogP contribution in [0.25, 0.3) is 10.4 Å². The third kappa shape index (κ3) is 3.15. The molecule has 0 aliphatic carbocycles. The molecule has 0 saturated carbocycles. The van der Waals surface area contributed by atoms with E-state index in [1.165, 1.54) is 0 Å². The SMILES string of the molecule is CSc1ccc([C@H](O)[C@H](CO)N=[N+]=[N-])cc1. The molecule has 16 heavy (non-hydrogen) atoms. The molecule has 1 rings (SSSR count). The molecule has 6 heteroatoms. The van der Waals surface area contributed by atoms with Crippen LogP contribution in [0.3, 0.4) is 0 Å². The molecule has 0 unspecified atom stereocenters. The van der Waals surface area contributed by atoms with Gasteiger partial charge in [-0.15, -0.1) is 11.8 Å². The number of azide groups is 1. The molecular formula is C10H13N3O2S. The van der Waals surface area contributed by atoms with Gasteiger partial charge in [0.25, 0.3) is 0 Å². The Labute approximate surface area is 97.7 Å². The van der Waals surface area contributed by atoms with Crippen LogP contribution in [-0.4, -0.2) is 29.1 Å². The minimum absolute atomic E-state index is 0.379. The Morgan fingerprint density at radius 3 is 2.50 bits per heavy atom. The minimum Gasteiger partial charge on any atom is -0.396 e. The van der Waals surface area contributed by atoms with Crippen LogP contribution in [0.2, 0.25) is 0 Å². The highest BCUT2D eigenvalue weighted by atomic mass is 32.2. The summed E-state index contributed by atoms with van der Waals surface area (Å²) < 4.78 is 0. The second-order valence-electron chi connectivity index (χ2n) is 3.17. The second-order valence-corrected chi connectivity index (χ2v) is 4.05. The fourth-order valence-electron chi connectivity index (χ4n) is 1.29. The van der Waals surface area contributed by atoms with Crippen LogP contribution in [0, 0.1) is 0 Å². The molecule has 1 aromatic carbocycles. The van der Waals surface area contributed by atoms with E-state index in [0.29, 0.717) is 5.56 Å². The molecule has 1 aromatic rings. The first-order chi connectivity index (χ1) is 7.72. The molecule has 0 bridgehead atoms. The fourth-order valence-corrected chi connectivity index (χ4v) is 1.70. The van der Waals surface area contributed by atoms with Gasteiger partial charge in [-0.2, -0.15) is 0 Å². The van der Waals surface area contributed by atoms with Crippen molar-refractivity contribution in [3.05, 3.63) is 40.3 Å². The van der Waals surface area contributed by atoms with Crippen molar-refractivity contribution >= 4 is 11.8 Å². The van der Waals surface area contributed by atoms with Gasteiger partial charge in [-0.1, -0.05) is 17.2 Å². The summed E-state index contributed by atoms with van der Waals surface area (Å²) in [6.07, 6.45) is 0.985. The van der Waals surface area contributed by atoms with Gasteiger partial charge in [-0.05, 0) is 29.5 Å². The van der Waals surface area contributed by atoms with Gasteiger partial charge < -0.3 is 10.2 Å². The lowest BCUT2D eigenvalue weighted by atomic mass is 10.0. The van der Waals surface area contributed by atoms with Crippen molar-refractivity contribution < 1.29 is 10.2 Å². The van der Waals surface area contributed by atoms with Gasteiger partial charge in [-0.25, -0.2) is 0 Å². The molecule has 0 aromatic heterocycles. The van der Waals surface area contributed by atoms with Crippen LogP contribution in [0.5, 0.6) is 0 Å². The van der Waals surface area contributed by atoms with E-state index in [-0.39, 0.29) is 6.61 Å². The fraction of sp³-hybridized carbons (Fsp3) is 0.400. The molecule has 2 atom stereocenters. The zero-order valence-electron chi connectivity index (χ0n) is 8.82. The Morgan fingerprint density at radius 2 is 2.06 bits per heavy atom. The summed E-state index contributed by atoms with van der Waals surface area (Å²) >= 11 is 1.60. The third-order valence-electron chi connectivity index (χ3n) is 2.21. The first kappa shape index (κ1) is 12.9. The van der Waals surface area contributed by atoms with Crippen molar-refractivity contribution in [3.8, 4) is 0 Å². The maximum atomic E-state index is 9.84. The highest BCUT2D eigenvalue weighted by molar-refractivity contribution is 7.98. The van der Waals surface area contributed by atoms with Crippen molar-refractivity contribution in [3.63, 3.8) is 0 Å². The third-order valence-corrected chi connectivity index (χ3v) is 2.95. The number of hydrogen-bond acceptors (Lipinski definition) is 4. The molecule has 0 aliphatic rings. The van der Waals surface area contributed by atoms with Crippen LogP contribution in [0.4, 0.5) is 0 Å². The summed E-state index contributed by atoms with van der Waals surface area (Å²) in [5, 5.41) is 22.1. The van der Waals surface area contributed by atoms with Crippen LogP contribution < -0.4 is 0 Å². The van der Waals surface area contributed by atoms with E-state index in [1.54, 1.807) is 23.9 Å². The highest BCUT2D eigenvalue weighted by Gasteiger charge is 2.18. The average molecular weight is 239 g/mol. The minimum atomic E-state index is -0.975. The lowest BCUT2D eigenvalue weighted by molar-refractivity contribution is 0.109. The van der Waals surface area contributed by atoms with Crippen molar-refractivity contribution in [1.29, 1.82) is 0 Å². The molecule has 0 amide bonds. The topological polar surface area (TPSA) is 89.2 Å². The van der Waals surface area contributed by atoms with Gasteiger partial charge in [0.05, 0.1) is 18.8 Å². The smallest absolute Gasteiger partial charge is 0.0906 e. The summed E-state index contributed by atoms with van der Waals surface area (Å²) in [4.78, 5) is 3.67. The Morgan fingerprint density at radius 1 is 1.44 bits per heavy atom. The Hall–Kier alpha value is -1.20. The number of thioether (sulfide) groups is 1. The van der Waals surface area contributed by atoms with Crippen molar-refractivity contribution in [1.82, 2.24) is 0 Å². The van der Waals surface area contributed by atoms with E-state index in [2.05, 4.69) is 10.0 Å². The van der Waals surface area contributed by atoms with E-state index in [0.717, 1.165) is 4.90 Å². The monoisotopic (exact) mass is 239 g/mol. The quantitative estimate of drug-likeness (QED) is 0.357. The van der Waals surface area contributed by atoms with Gasteiger partial charge in [0, 0.05) is 9.81 Å². The molecule has 0 fully saturated rings. The Kier molecular flexibility index (Phi) is 5.14. The van der Waals surface area contributed by atoms with E-state index >= 15 is 0 Å². The van der Waals surface area contributed by atoms with Crippen molar-refractivity contribution in [2.24, 2.45) is 5.11 Å². The summed E-state index contributed by atoms with van der Waals surface area (Å²) in [7, 11) is 0. The number of nitrogens with zero attached hydrogens (tertiary/aromatic N) is 3. The normalized spacial score (nSPS) is 13.9. The van der Waals surface area contributed by atoms with Crippen LogP contribution in [0.1, 0.15) is 11.7 Å². The lowest BCUT2D eigenvalue weighted by Crippen LogP contribution is -2.19. The predicted molar refractivity (Wildman–Crippen MR) is 63.2 cm³/mol. The standard InChI is InChI=1S/C10H13N3O2S/c1-16-8-4-2-7(3-5-8)10(15)9(6-14)12-13-11/h2-5,9-10,14-15H,6H2,1H3/t9-,10-/m0/s1. The number of aliphatic hydroxyl groups excluding tert-OH is 2.